The molecule has 0 fully saturated rings. The van der Waals surface area contributed by atoms with Gasteiger partial charge < -0.3 is 15.8 Å². The molecule has 72 valence electrons. The van der Waals surface area contributed by atoms with Gasteiger partial charge in [-0.15, -0.1) is 0 Å². The van der Waals surface area contributed by atoms with Crippen molar-refractivity contribution in [2.24, 2.45) is 5.73 Å². The molecule has 0 saturated heterocycles. The van der Waals surface area contributed by atoms with E-state index in [0.717, 1.165) is 0 Å². The molecule has 3 N–H and O–H groups in total. The van der Waals surface area contributed by atoms with E-state index >= 15 is 0 Å². The Morgan fingerprint density at radius 3 is 2.58 bits per heavy atom. The van der Waals surface area contributed by atoms with E-state index in [2.05, 4.69) is 5.32 Å². The van der Waals surface area contributed by atoms with Gasteiger partial charge in [-0.2, -0.15) is 0 Å². The molecule has 0 aromatic carbocycles. The van der Waals surface area contributed by atoms with E-state index in [-0.39, 0.29) is 18.0 Å². The highest BCUT2D eigenvalue weighted by Gasteiger charge is 2.11. The van der Waals surface area contributed by atoms with Gasteiger partial charge in [0.15, 0.2) is 0 Å². The van der Waals surface area contributed by atoms with E-state index in [4.69, 9.17) is 10.5 Å². The van der Waals surface area contributed by atoms with Gasteiger partial charge in [0.2, 0.25) is 5.91 Å². The van der Waals surface area contributed by atoms with Gasteiger partial charge in [0.25, 0.3) is 0 Å². The summed E-state index contributed by atoms with van der Waals surface area (Å²) < 4.78 is 5.16. The lowest BCUT2D eigenvalue weighted by atomic mass is 10.2. The molecular formula is C8H18N2O2. The van der Waals surface area contributed by atoms with Gasteiger partial charge >= 0.3 is 0 Å². The lowest BCUT2D eigenvalue weighted by Gasteiger charge is -2.16. The number of carbonyl (C=O) groups excluding carboxylic acids is 1. The quantitative estimate of drug-likeness (QED) is 0.590. The third kappa shape index (κ3) is 5.09. The monoisotopic (exact) mass is 174 g/mol. The SMILES string of the molecule is CCOCC(C)NC(C)C(N)=O. The van der Waals surface area contributed by atoms with Gasteiger partial charge in [-0.3, -0.25) is 4.79 Å². The van der Waals surface area contributed by atoms with Crippen LogP contribution in [0.3, 0.4) is 0 Å². The van der Waals surface area contributed by atoms with Crippen LogP contribution in [0, 0.1) is 0 Å². The molecule has 0 aliphatic rings. The standard InChI is InChI=1S/C8H18N2O2/c1-4-12-5-6(2)10-7(3)8(9)11/h6-7,10H,4-5H2,1-3H3,(H2,9,11). The third-order valence-corrected chi connectivity index (χ3v) is 1.53. The van der Waals surface area contributed by atoms with Crippen LogP contribution >= 0.6 is 0 Å². The molecule has 0 radical (unpaired) electrons. The molecule has 0 saturated carbocycles. The molecule has 0 aliphatic carbocycles. The Kier molecular flexibility index (Phi) is 5.66. The van der Waals surface area contributed by atoms with Crippen molar-refractivity contribution in [1.29, 1.82) is 0 Å². The lowest BCUT2D eigenvalue weighted by Crippen LogP contribution is -2.45. The van der Waals surface area contributed by atoms with Crippen molar-refractivity contribution in [3.05, 3.63) is 0 Å². The summed E-state index contributed by atoms with van der Waals surface area (Å²) in [6.45, 7) is 6.93. The summed E-state index contributed by atoms with van der Waals surface area (Å²) in [4.78, 5) is 10.6. The number of nitrogens with two attached hydrogens (primary N) is 1. The maximum absolute atomic E-state index is 10.6. The highest BCUT2D eigenvalue weighted by Crippen LogP contribution is 1.88. The molecule has 12 heavy (non-hydrogen) atoms. The van der Waals surface area contributed by atoms with Gasteiger partial charge in [-0.1, -0.05) is 0 Å². The average molecular weight is 174 g/mol. The summed E-state index contributed by atoms with van der Waals surface area (Å²) in [7, 11) is 0. The fourth-order valence-electron chi connectivity index (χ4n) is 0.852. The molecule has 0 spiro atoms. The Morgan fingerprint density at radius 2 is 2.17 bits per heavy atom. The number of ether oxygens (including phenoxy) is 1. The van der Waals surface area contributed by atoms with Crippen LogP contribution in [0.1, 0.15) is 20.8 Å². The average Bonchev–Trinajstić information content (AvgIpc) is 2.00. The fourth-order valence-corrected chi connectivity index (χ4v) is 0.852. The highest BCUT2D eigenvalue weighted by molar-refractivity contribution is 5.79. The number of nitrogens with one attached hydrogen (secondary N) is 1. The van der Waals surface area contributed by atoms with E-state index < -0.39 is 0 Å². The predicted molar refractivity (Wildman–Crippen MR) is 47.7 cm³/mol. The van der Waals surface area contributed by atoms with Crippen molar-refractivity contribution in [2.45, 2.75) is 32.9 Å². The minimum atomic E-state index is -0.335. The maximum atomic E-state index is 10.6. The van der Waals surface area contributed by atoms with Crippen LogP contribution in [0.4, 0.5) is 0 Å². The highest BCUT2D eigenvalue weighted by atomic mass is 16.5. The van der Waals surface area contributed by atoms with Crippen molar-refractivity contribution in [3.63, 3.8) is 0 Å². The van der Waals surface area contributed by atoms with Gasteiger partial charge in [-0.25, -0.2) is 0 Å². The molecule has 2 atom stereocenters. The predicted octanol–water partition coefficient (Wildman–Crippen LogP) is -0.125. The van der Waals surface area contributed by atoms with Crippen LogP contribution in [-0.4, -0.2) is 31.2 Å². The normalized spacial score (nSPS) is 15.6. The van der Waals surface area contributed by atoms with Crippen LogP contribution in [0.15, 0.2) is 0 Å². The van der Waals surface area contributed by atoms with Crippen LogP contribution in [0.5, 0.6) is 0 Å². The zero-order valence-corrected chi connectivity index (χ0v) is 7.96. The second-order valence-electron chi connectivity index (χ2n) is 2.85. The second-order valence-corrected chi connectivity index (χ2v) is 2.85. The Morgan fingerprint density at radius 1 is 1.58 bits per heavy atom. The Labute approximate surface area is 73.5 Å². The summed E-state index contributed by atoms with van der Waals surface area (Å²) in [5.41, 5.74) is 5.07. The molecule has 1 amide bonds. The van der Waals surface area contributed by atoms with Crippen LogP contribution in [0.25, 0.3) is 0 Å². The smallest absolute Gasteiger partial charge is 0.234 e. The van der Waals surface area contributed by atoms with Crippen molar-refractivity contribution in [1.82, 2.24) is 5.32 Å². The molecule has 0 aliphatic heterocycles. The molecule has 0 aromatic rings. The fraction of sp³-hybridized carbons (Fsp3) is 0.875. The maximum Gasteiger partial charge on any atom is 0.234 e. The number of amides is 1. The van der Waals surface area contributed by atoms with E-state index in [1.807, 2.05) is 13.8 Å². The minimum absolute atomic E-state index is 0.160. The molecule has 0 rings (SSSR count). The first-order valence-electron chi connectivity index (χ1n) is 4.21. The van der Waals surface area contributed by atoms with E-state index in [9.17, 15) is 4.79 Å². The summed E-state index contributed by atoms with van der Waals surface area (Å²) >= 11 is 0. The van der Waals surface area contributed by atoms with E-state index in [1.54, 1.807) is 6.92 Å². The van der Waals surface area contributed by atoms with Gasteiger partial charge in [0.1, 0.15) is 0 Å². The summed E-state index contributed by atoms with van der Waals surface area (Å²) in [5.74, 6) is -0.335. The van der Waals surface area contributed by atoms with Crippen LogP contribution in [0.2, 0.25) is 0 Å². The molecule has 2 unspecified atom stereocenters. The van der Waals surface area contributed by atoms with Crippen molar-refractivity contribution in [3.8, 4) is 0 Å². The topological polar surface area (TPSA) is 64.3 Å². The number of hydrogen-bond acceptors (Lipinski definition) is 3. The third-order valence-electron chi connectivity index (χ3n) is 1.53. The number of hydrogen-bond donors (Lipinski definition) is 2. The second kappa shape index (κ2) is 5.97. The number of rotatable bonds is 6. The van der Waals surface area contributed by atoms with Crippen LogP contribution in [-0.2, 0) is 9.53 Å². The van der Waals surface area contributed by atoms with E-state index in [1.165, 1.54) is 0 Å². The Balaban J connectivity index is 3.53. The van der Waals surface area contributed by atoms with E-state index in [0.29, 0.717) is 13.2 Å². The Hall–Kier alpha value is -0.610. The van der Waals surface area contributed by atoms with Gasteiger partial charge in [0, 0.05) is 12.6 Å². The molecule has 0 bridgehead atoms. The minimum Gasteiger partial charge on any atom is -0.380 e. The molecule has 0 heterocycles. The first-order chi connectivity index (χ1) is 5.57. The zero-order valence-electron chi connectivity index (χ0n) is 7.96. The van der Waals surface area contributed by atoms with Crippen molar-refractivity contribution in [2.75, 3.05) is 13.2 Å². The van der Waals surface area contributed by atoms with Gasteiger partial charge in [-0.05, 0) is 20.8 Å². The Bertz CT molecular complexity index is 139. The zero-order chi connectivity index (χ0) is 9.56. The first kappa shape index (κ1) is 11.4. The summed E-state index contributed by atoms with van der Waals surface area (Å²) in [6, 6.07) is -0.132. The summed E-state index contributed by atoms with van der Waals surface area (Å²) in [6.07, 6.45) is 0. The largest absolute Gasteiger partial charge is 0.380 e. The van der Waals surface area contributed by atoms with Crippen molar-refractivity contribution < 1.29 is 9.53 Å². The molecule has 4 nitrogen and oxygen atoms in total. The molecule has 4 heteroatoms. The van der Waals surface area contributed by atoms with Gasteiger partial charge in [0.05, 0.1) is 12.6 Å². The first-order valence-corrected chi connectivity index (χ1v) is 4.21. The van der Waals surface area contributed by atoms with Crippen molar-refractivity contribution >= 4 is 5.91 Å². The molecule has 0 aromatic heterocycles. The summed E-state index contributed by atoms with van der Waals surface area (Å²) in [5, 5.41) is 3.01. The lowest BCUT2D eigenvalue weighted by molar-refractivity contribution is -0.119. The number of carbonyl (C=O) groups is 1. The van der Waals surface area contributed by atoms with Crippen LogP contribution < -0.4 is 11.1 Å². The molecular weight excluding hydrogens is 156 g/mol. The number of primary amides is 1.